The first-order chi connectivity index (χ1) is 14.8. The summed E-state index contributed by atoms with van der Waals surface area (Å²) < 4.78 is 15.9. The van der Waals surface area contributed by atoms with Crippen molar-refractivity contribution in [1.82, 2.24) is 9.80 Å². The minimum atomic E-state index is -0.427. The smallest absolute Gasteiger partial charge is 0.409 e. The lowest BCUT2D eigenvalue weighted by atomic mass is 10.0. The van der Waals surface area contributed by atoms with Crippen molar-refractivity contribution in [3.05, 3.63) is 39.7 Å². The first-order valence-corrected chi connectivity index (χ1v) is 10.6. The Bertz CT molecular complexity index is 1010. The predicted octanol–water partition coefficient (Wildman–Crippen LogP) is 2.98. The summed E-state index contributed by atoms with van der Waals surface area (Å²) in [5.41, 5.74) is 1.38. The molecule has 2 heterocycles. The largest absolute Gasteiger partial charge is 0.497 e. The first kappa shape index (κ1) is 22.7. The van der Waals surface area contributed by atoms with Crippen molar-refractivity contribution in [1.29, 1.82) is 0 Å². The molecule has 1 aliphatic heterocycles. The first-order valence-electron chi connectivity index (χ1n) is 10.6. The number of carbonyl (C=O) groups excluding carboxylic acids is 2. The number of ether oxygens (including phenoxy) is 2. The van der Waals surface area contributed by atoms with E-state index in [1.807, 2.05) is 32.9 Å². The maximum absolute atomic E-state index is 12.7. The number of methoxy groups -OCH3 is 1. The molecule has 31 heavy (non-hydrogen) atoms. The van der Waals surface area contributed by atoms with Gasteiger partial charge in [-0.05, 0) is 37.0 Å². The predicted molar refractivity (Wildman–Crippen MR) is 116 cm³/mol. The molecule has 0 spiro atoms. The number of fused-ring (bicyclic) bond motifs is 1. The van der Waals surface area contributed by atoms with Gasteiger partial charge in [-0.25, -0.2) is 9.59 Å². The van der Waals surface area contributed by atoms with Gasteiger partial charge in [0.25, 0.3) is 0 Å². The van der Waals surface area contributed by atoms with Gasteiger partial charge in [0.1, 0.15) is 11.3 Å². The number of hydrogen-bond donors (Lipinski definition) is 0. The quantitative estimate of drug-likeness (QED) is 0.655. The van der Waals surface area contributed by atoms with E-state index in [9.17, 15) is 14.4 Å². The van der Waals surface area contributed by atoms with Crippen LogP contribution in [0.2, 0.25) is 0 Å². The van der Waals surface area contributed by atoms with Gasteiger partial charge in [-0.15, -0.1) is 0 Å². The third-order valence-corrected chi connectivity index (χ3v) is 5.51. The molecule has 0 aliphatic carbocycles. The van der Waals surface area contributed by atoms with Gasteiger partial charge >= 0.3 is 11.7 Å². The number of aryl methyl sites for hydroxylation is 1. The molecule has 3 rings (SSSR count). The molecule has 2 aromatic rings. The van der Waals surface area contributed by atoms with E-state index in [0.717, 1.165) is 10.9 Å². The maximum Gasteiger partial charge on any atom is 0.409 e. The molecule has 1 aromatic heterocycles. The van der Waals surface area contributed by atoms with E-state index < -0.39 is 5.63 Å². The molecule has 1 aliphatic rings. The van der Waals surface area contributed by atoms with Crippen molar-refractivity contribution < 1.29 is 23.5 Å². The van der Waals surface area contributed by atoms with Crippen LogP contribution in [0.3, 0.4) is 0 Å². The summed E-state index contributed by atoms with van der Waals surface area (Å²) in [6.45, 7) is 8.04. The van der Waals surface area contributed by atoms with Gasteiger partial charge in [0.2, 0.25) is 5.91 Å². The summed E-state index contributed by atoms with van der Waals surface area (Å²) in [6, 6.07) is 5.36. The van der Waals surface area contributed by atoms with Gasteiger partial charge in [0.15, 0.2) is 0 Å². The molecule has 8 heteroatoms. The second-order valence-electron chi connectivity index (χ2n) is 8.19. The highest BCUT2D eigenvalue weighted by molar-refractivity contribution is 5.83. The number of hydrogen-bond acceptors (Lipinski definition) is 6. The van der Waals surface area contributed by atoms with Crippen LogP contribution in [-0.2, 0) is 16.0 Å². The van der Waals surface area contributed by atoms with Crippen LogP contribution in [0.25, 0.3) is 11.0 Å². The summed E-state index contributed by atoms with van der Waals surface area (Å²) in [6.07, 6.45) is 0.193. The van der Waals surface area contributed by atoms with Crippen molar-refractivity contribution in [2.45, 2.75) is 33.6 Å². The molecule has 1 fully saturated rings. The highest BCUT2D eigenvalue weighted by Gasteiger charge is 2.25. The van der Waals surface area contributed by atoms with Crippen molar-refractivity contribution in [2.75, 3.05) is 39.9 Å². The average molecular weight is 431 g/mol. The Morgan fingerprint density at radius 3 is 2.45 bits per heavy atom. The van der Waals surface area contributed by atoms with Gasteiger partial charge in [-0.1, -0.05) is 13.8 Å². The Morgan fingerprint density at radius 1 is 1.13 bits per heavy atom. The molecule has 1 saturated heterocycles. The molecule has 2 amide bonds. The topological polar surface area (TPSA) is 89.3 Å². The molecular formula is C23H30N2O6. The number of piperazine rings is 1. The van der Waals surface area contributed by atoms with E-state index >= 15 is 0 Å². The standard InChI is InChI=1S/C23H30N2O6/c1-15(2)14-30-23(28)25-11-9-24(10-12-25)21(26)8-7-19-16(3)18-6-5-17(29-4)13-20(18)31-22(19)27/h5-6,13,15H,7-12,14H2,1-4H3. The van der Waals surface area contributed by atoms with E-state index in [1.165, 1.54) is 0 Å². The number of nitrogens with zero attached hydrogens (tertiary/aromatic N) is 2. The number of benzene rings is 1. The van der Waals surface area contributed by atoms with E-state index in [2.05, 4.69) is 0 Å². The lowest BCUT2D eigenvalue weighted by Gasteiger charge is -2.34. The fourth-order valence-electron chi connectivity index (χ4n) is 3.65. The van der Waals surface area contributed by atoms with Crippen LogP contribution in [-0.4, -0.2) is 61.7 Å². The molecule has 0 radical (unpaired) electrons. The molecule has 168 valence electrons. The van der Waals surface area contributed by atoms with E-state index in [-0.39, 0.29) is 24.3 Å². The number of rotatable bonds is 6. The normalized spacial score (nSPS) is 14.2. The molecule has 8 nitrogen and oxygen atoms in total. The monoisotopic (exact) mass is 430 g/mol. The average Bonchev–Trinajstić information content (AvgIpc) is 2.76. The minimum Gasteiger partial charge on any atom is -0.497 e. The van der Waals surface area contributed by atoms with Crippen LogP contribution in [0.1, 0.15) is 31.4 Å². The fraction of sp³-hybridized carbons (Fsp3) is 0.522. The summed E-state index contributed by atoms with van der Waals surface area (Å²) in [5, 5.41) is 0.830. The molecule has 0 bridgehead atoms. The highest BCUT2D eigenvalue weighted by atomic mass is 16.6. The van der Waals surface area contributed by atoms with Crippen LogP contribution < -0.4 is 10.4 Å². The van der Waals surface area contributed by atoms with E-state index in [4.69, 9.17) is 13.9 Å². The minimum absolute atomic E-state index is 0.0381. The molecule has 0 N–H and O–H groups in total. The van der Waals surface area contributed by atoms with Crippen LogP contribution in [0, 0.1) is 12.8 Å². The number of amides is 2. The third kappa shape index (κ3) is 5.37. The van der Waals surface area contributed by atoms with Crippen LogP contribution in [0.5, 0.6) is 5.75 Å². The van der Waals surface area contributed by atoms with Crippen LogP contribution in [0.4, 0.5) is 4.79 Å². The summed E-state index contributed by atoms with van der Waals surface area (Å²) in [4.78, 5) is 40.6. The molecular weight excluding hydrogens is 400 g/mol. The summed E-state index contributed by atoms with van der Waals surface area (Å²) in [5.74, 6) is 0.860. The zero-order valence-corrected chi connectivity index (χ0v) is 18.6. The number of carbonyl (C=O) groups is 2. The van der Waals surface area contributed by atoms with Crippen molar-refractivity contribution in [3.8, 4) is 5.75 Å². The molecule has 0 atom stereocenters. The Morgan fingerprint density at radius 2 is 1.81 bits per heavy atom. The van der Waals surface area contributed by atoms with Gasteiger partial charge in [-0.3, -0.25) is 4.79 Å². The Kier molecular flexibility index (Phi) is 7.20. The van der Waals surface area contributed by atoms with Crippen molar-refractivity contribution in [3.63, 3.8) is 0 Å². The fourth-order valence-corrected chi connectivity index (χ4v) is 3.65. The summed E-state index contributed by atoms with van der Waals surface area (Å²) in [7, 11) is 1.56. The van der Waals surface area contributed by atoms with Gasteiger partial charge in [0, 0.05) is 49.6 Å². The van der Waals surface area contributed by atoms with Gasteiger partial charge < -0.3 is 23.7 Å². The van der Waals surface area contributed by atoms with Gasteiger partial charge in [-0.2, -0.15) is 0 Å². The maximum atomic E-state index is 12.7. The Hall–Kier alpha value is -3.03. The lowest BCUT2D eigenvalue weighted by Crippen LogP contribution is -2.50. The molecule has 0 saturated carbocycles. The lowest BCUT2D eigenvalue weighted by molar-refractivity contribution is -0.132. The Balaban J connectivity index is 1.58. The van der Waals surface area contributed by atoms with E-state index in [0.29, 0.717) is 56.1 Å². The third-order valence-electron chi connectivity index (χ3n) is 5.51. The van der Waals surface area contributed by atoms with Crippen LogP contribution >= 0.6 is 0 Å². The molecule has 1 aromatic carbocycles. The summed E-state index contributed by atoms with van der Waals surface area (Å²) >= 11 is 0. The van der Waals surface area contributed by atoms with E-state index in [1.54, 1.807) is 23.0 Å². The zero-order valence-electron chi connectivity index (χ0n) is 18.6. The Labute approximate surface area is 181 Å². The second kappa shape index (κ2) is 9.85. The van der Waals surface area contributed by atoms with Crippen molar-refractivity contribution in [2.24, 2.45) is 5.92 Å². The van der Waals surface area contributed by atoms with Crippen LogP contribution in [0.15, 0.2) is 27.4 Å². The molecule has 0 unspecified atom stereocenters. The van der Waals surface area contributed by atoms with Gasteiger partial charge in [0.05, 0.1) is 13.7 Å². The second-order valence-corrected chi connectivity index (χ2v) is 8.19. The zero-order chi connectivity index (χ0) is 22.5. The van der Waals surface area contributed by atoms with Crippen molar-refractivity contribution >= 4 is 23.0 Å². The highest BCUT2D eigenvalue weighted by Crippen LogP contribution is 2.24. The SMILES string of the molecule is COc1ccc2c(C)c(CCC(=O)N3CCN(C(=O)OCC(C)C)CC3)c(=O)oc2c1.